The topological polar surface area (TPSA) is 36.3 Å². The van der Waals surface area contributed by atoms with Gasteiger partial charge in [0.1, 0.15) is 0 Å². The summed E-state index contributed by atoms with van der Waals surface area (Å²) in [7, 11) is 10.2. The lowest BCUT2D eigenvalue weighted by Crippen LogP contribution is -2.15. The largest absolute Gasteiger partial charge is 0.379 e. The molecule has 1 aromatic heterocycles. The summed E-state index contributed by atoms with van der Waals surface area (Å²) in [5.74, 6) is 0.963. The fraction of sp³-hybridized carbons (Fsp3) is 0.438. The Kier molecular flexibility index (Phi) is 4.40. The molecule has 0 saturated heterocycles. The smallest absolute Gasteiger partial charge is 0.204 e. The highest BCUT2D eigenvalue weighted by Gasteiger charge is 2.08. The van der Waals surface area contributed by atoms with Crippen LogP contribution in [-0.2, 0) is 13.6 Å². The fourth-order valence-electron chi connectivity index (χ4n) is 2.41. The number of hydrogen-bond acceptors (Lipinski definition) is 4. The van der Waals surface area contributed by atoms with Gasteiger partial charge in [0.15, 0.2) is 0 Å². The van der Waals surface area contributed by atoms with Crippen LogP contribution in [0.2, 0.25) is 0 Å². The molecule has 1 N–H and O–H groups in total. The van der Waals surface area contributed by atoms with E-state index in [9.17, 15) is 0 Å². The third-order valence-corrected chi connectivity index (χ3v) is 3.62. The number of nitrogens with one attached hydrogen (secondary N) is 1. The molecular formula is C16H25N5. The van der Waals surface area contributed by atoms with E-state index in [1.807, 2.05) is 32.2 Å². The van der Waals surface area contributed by atoms with Crippen molar-refractivity contribution in [2.75, 3.05) is 43.3 Å². The molecule has 1 heterocycles. The Bertz CT molecular complexity index is 613. The molecule has 0 atom stereocenters. The molecule has 0 radical (unpaired) electrons. The highest BCUT2D eigenvalue weighted by molar-refractivity contribution is 5.61. The second-order valence-corrected chi connectivity index (χ2v) is 5.75. The van der Waals surface area contributed by atoms with E-state index >= 15 is 0 Å². The van der Waals surface area contributed by atoms with Crippen LogP contribution in [0.25, 0.3) is 0 Å². The summed E-state index contributed by atoms with van der Waals surface area (Å²) in [6, 6.07) is 6.44. The summed E-state index contributed by atoms with van der Waals surface area (Å²) < 4.78 is 2.11. The molecule has 21 heavy (non-hydrogen) atoms. The zero-order chi connectivity index (χ0) is 15.6. The minimum absolute atomic E-state index is 0.757. The maximum Gasteiger partial charge on any atom is 0.204 e. The zero-order valence-electron chi connectivity index (χ0n) is 13.8. The highest BCUT2D eigenvalue weighted by atomic mass is 15.3. The number of benzene rings is 1. The van der Waals surface area contributed by atoms with Gasteiger partial charge >= 0.3 is 0 Å². The fourth-order valence-corrected chi connectivity index (χ4v) is 2.41. The van der Waals surface area contributed by atoms with Crippen LogP contribution < -0.4 is 15.1 Å². The summed E-state index contributed by atoms with van der Waals surface area (Å²) in [6.07, 6.45) is 1.92. The lowest BCUT2D eigenvalue weighted by atomic mass is 10.1. The van der Waals surface area contributed by atoms with E-state index < -0.39 is 0 Å². The van der Waals surface area contributed by atoms with E-state index in [0.717, 1.165) is 23.9 Å². The average molecular weight is 287 g/mol. The number of aromatic nitrogens is 2. The number of hydrogen-bond donors (Lipinski definition) is 1. The molecular weight excluding hydrogens is 262 g/mol. The Morgan fingerprint density at radius 2 is 1.86 bits per heavy atom. The van der Waals surface area contributed by atoms with Crippen LogP contribution in [0.4, 0.5) is 17.3 Å². The van der Waals surface area contributed by atoms with Crippen LogP contribution in [0.1, 0.15) is 11.3 Å². The normalized spacial score (nSPS) is 10.6. The molecule has 1 aromatic carbocycles. The van der Waals surface area contributed by atoms with Crippen molar-refractivity contribution in [3.05, 3.63) is 35.7 Å². The van der Waals surface area contributed by atoms with Crippen molar-refractivity contribution < 1.29 is 0 Å². The van der Waals surface area contributed by atoms with Crippen LogP contribution in [0.3, 0.4) is 0 Å². The first-order chi connectivity index (χ1) is 9.90. The molecule has 0 aliphatic rings. The highest BCUT2D eigenvalue weighted by Crippen LogP contribution is 2.23. The van der Waals surface area contributed by atoms with Crippen molar-refractivity contribution in [3.63, 3.8) is 0 Å². The van der Waals surface area contributed by atoms with Gasteiger partial charge in [-0.05, 0) is 24.6 Å². The third-order valence-electron chi connectivity index (χ3n) is 3.62. The quantitative estimate of drug-likeness (QED) is 0.916. The molecule has 2 aromatic rings. The number of imidazole rings is 1. The molecule has 2 rings (SSSR count). The van der Waals surface area contributed by atoms with Gasteiger partial charge in [-0.3, -0.25) is 0 Å². The van der Waals surface area contributed by atoms with Gasteiger partial charge in [0.05, 0.1) is 18.4 Å². The van der Waals surface area contributed by atoms with Crippen molar-refractivity contribution >= 4 is 17.3 Å². The van der Waals surface area contributed by atoms with Gasteiger partial charge in [0.25, 0.3) is 0 Å². The van der Waals surface area contributed by atoms with E-state index in [-0.39, 0.29) is 0 Å². The first-order valence-corrected chi connectivity index (χ1v) is 7.10. The van der Waals surface area contributed by atoms with Gasteiger partial charge in [0.2, 0.25) is 5.95 Å². The number of aryl methyl sites for hydroxylation is 1. The first-order valence-electron chi connectivity index (χ1n) is 7.10. The van der Waals surface area contributed by atoms with Crippen LogP contribution in [0, 0.1) is 6.92 Å². The summed E-state index contributed by atoms with van der Waals surface area (Å²) >= 11 is 0. The van der Waals surface area contributed by atoms with Crippen molar-refractivity contribution in [1.29, 1.82) is 0 Å². The van der Waals surface area contributed by atoms with Gasteiger partial charge in [0, 0.05) is 46.6 Å². The van der Waals surface area contributed by atoms with E-state index in [4.69, 9.17) is 0 Å². The lowest BCUT2D eigenvalue weighted by Gasteiger charge is -2.18. The van der Waals surface area contributed by atoms with Crippen LogP contribution >= 0.6 is 0 Å². The summed E-state index contributed by atoms with van der Waals surface area (Å²) in [6.45, 7) is 2.89. The molecule has 0 saturated carbocycles. The third kappa shape index (κ3) is 3.29. The Labute approximate surface area is 127 Å². The molecule has 0 unspecified atom stereocenters. The Morgan fingerprint density at radius 1 is 1.14 bits per heavy atom. The summed E-state index contributed by atoms with van der Waals surface area (Å²) in [4.78, 5) is 8.58. The van der Waals surface area contributed by atoms with Gasteiger partial charge in [-0.2, -0.15) is 0 Å². The molecule has 0 bridgehead atoms. The van der Waals surface area contributed by atoms with Gasteiger partial charge < -0.3 is 19.7 Å². The van der Waals surface area contributed by atoms with Crippen LogP contribution in [0.15, 0.2) is 24.4 Å². The molecule has 114 valence electrons. The van der Waals surface area contributed by atoms with Gasteiger partial charge in [-0.1, -0.05) is 6.07 Å². The monoisotopic (exact) mass is 287 g/mol. The van der Waals surface area contributed by atoms with Crippen molar-refractivity contribution in [2.45, 2.75) is 13.5 Å². The molecule has 5 nitrogen and oxygen atoms in total. The molecule has 0 spiro atoms. The summed E-state index contributed by atoms with van der Waals surface area (Å²) in [5, 5.41) is 3.47. The predicted octanol–water partition coefficient (Wildman–Crippen LogP) is 2.47. The van der Waals surface area contributed by atoms with Crippen LogP contribution in [-0.4, -0.2) is 37.7 Å². The summed E-state index contributed by atoms with van der Waals surface area (Å²) in [5.41, 5.74) is 4.79. The SMILES string of the molecule is Cc1ccc(NCc2cnc(N(C)C)n2C)cc1N(C)C. The van der Waals surface area contributed by atoms with Crippen molar-refractivity contribution in [2.24, 2.45) is 7.05 Å². The zero-order valence-corrected chi connectivity index (χ0v) is 13.8. The predicted molar refractivity (Wildman–Crippen MR) is 90.4 cm³/mol. The standard InChI is InChI=1S/C16H25N5/c1-12-7-8-13(9-15(12)19(2)3)17-10-14-11-18-16(20(4)5)21(14)6/h7-9,11,17H,10H2,1-6H3. The molecule has 5 heteroatoms. The maximum absolute atomic E-state index is 4.43. The molecule has 0 aliphatic carbocycles. The van der Waals surface area contributed by atoms with Crippen molar-refractivity contribution in [3.8, 4) is 0 Å². The maximum atomic E-state index is 4.43. The van der Waals surface area contributed by atoms with Gasteiger partial charge in [-0.25, -0.2) is 4.98 Å². The van der Waals surface area contributed by atoms with E-state index in [1.54, 1.807) is 0 Å². The Hall–Kier alpha value is -2.17. The Morgan fingerprint density at radius 3 is 2.43 bits per heavy atom. The Balaban J connectivity index is 2.12. The van der Waals surface area contributed by atoms with Crippen LogP contribution in [0.5, 0.6) is 0 Å². The lowest BCUT2D eigenvalue weighted by molar-refractivity contribution is 0.814. The van der Waals surface area contributed by atoms with Crippen molar-refractivity contribution in [1.82, 2.24) is 9.55 Å². The minimum Gasteiger partial charge on any atom is -0.379 e. The van der Waals surface area contributed by atoms with Gasteiger partial charge in [-0.15, -0.1) is 0 Å². The number of nitrogens with zero attached hydrogens (tertiary/aromatic N) is 4. The number of rotatable bonds is 5. The first kappa shape index (κ1) is 15.2. The second-order valence-electron chi connectivity index (χ2n) is 5.75. The molecule has 0 aliphatic heterocycles. The molecule has 0 fully saturated rings. The number of anilines is 3. The van der Waals surface area contributed by atoms with E-state index in [1.165, 1.54) is 11.3 Å². The second kappa shape index (κ2) is 6.08. The minimum atomic E-state index is 0.757. The van der Waals surface area contributed by atoms with E-state index in [2.05, 4.69) is 59.0 Å². The average Bonchev–Trinajstić information content (AvgIpc) is 2.79. The molecule has 0 amide bonds. The van der Waals surface area contributed by atoms with E-state index in [0.29, 0.717) is 0 Å².